The summed E-state index contributed by atoms with van der Waals surface area (Å²) in [5.74, 6) is 0.743. The highest BCUT2D eigenvalue weighted by Gasteiger charge is 2.12. The molecule has 0 spiro atoms. The third-order valence-electron chi connectivity index (χ3n) is 4.32. The van der Waals surface area contributed by atoms with Gasteiger partial charge in [0.1, 0.15) is 23.2 Å². The smallest absolute Gasteiger partial charge is 0.274 e. The molecule has 1 heterocycles. The molecule has 0 fully saturated rings. The summed E-state index contributed by atoms with van der Waals surface area (Å²) in [5.41, 5.74) is 2.67. The first kappa shape index (κ1) is 19.5. The summed E-state index contributed by atoms with van der Waals surface area (Å²) >= 11 is 0. The first-order chi connectivity index (χ1) is 13.4. The van der Waals surface area contributed by atoms with Crippen LogP contribution in [-0.2, 0) is 6.54 Å². The molecule has 2 aromatic carbocycles. The maximum atomic E-state index is 13.8. The van der Waals surface area contributed by atoms with Gasteiger partial charge in [0.05, 0.1) is 0 Å². The molecule has 0 bridgehead atoms. The zero-order valence-corrected chi connectivity index (χ0v) is 16.2. The second-order valence-electron chi connectivity index (χ2n) is 6.86. The molecule has 0 aliphatic rings. The zero-order chi connectivity index (χ0) is 20.1. The Morgan fingerprint density at radius 1 is 1.07 bits per heavy atom. The van der Waals surface area contributed by atoms with Crippen LogP contribution >= 0.6 is 0 Å². The van der Waals surface area contributed by atoms with Crippen LogP contribution in [0.1, 0.15) is 47.2 Å². The lowest BCUT2D eigenvalue weighted by molar-refractivity contribution is 0.102. The monoisotopic (exact) mass is 378 g/mol. The average Bonchev–Trinajstić information content (AvgIpc) is 2.67. The van der Waals surface area contributed by atoms with Gasteiger partial charge in [-0.3, -0.25) is 4.79 Å². The van der Waals surface area contributed by atoms with E-state index in [0.717, 1.165) is 0 Å². The number of carbonyl (C=O) groups is 1. The van der Waals surface area contributed by atoms with Crippen molar-refractivity contribution in [2.75, 3.05) is 10.6 Å². The number of aryl methyl sites for hydroxylation is 1. The number of nitrogens with zero attached hydrogens (tertiary/aromatic N) is 2. The van der Waals surface area contributed by atoms with E-state index in [9.17, 15) is 9.18 Å². The fraction of sp³-hybridized carbons (Fsp3) is 0.227. The Hall–Kier alpha value is -3.28. The Kier molecular flexibility index (Phi) is 5.99. The number of hydrogen-bond acceptors (Lipinski definition) is 4. The maximum Gasteiger partial charge on any atom is 0.274 e. The van der Waals surface area contributed by atoms with Gasteiger partial charge in [-0.05, 0) is 36.6 Å². The molecule has 28 heavy (non-hydrogen) atoms. The molecule has 3 aromatic rings. The Balaban J connectivity index is 1.71. The molecule has 0 aliphatic heterocycles. The third-order valence-corrected chi connectivity index (χ3v) is 4.32. The van der Waals surface area contributed by atoms with Crippen LogP contribution in [0, 0.1) is 12.7 Å². The molecule has 6 heteroatoms. The van der Waals surface area contributed by atoms with Crippen LogP contribution in [0.5, 0.6) is 0 Å². The molecule has 5 nitrogen and oxygen atoms in total. The van der Waals surface area contributed by atoms with E-state index in [4.69, 9.17) is 0 Å². The molecule has 0 saturated carbocycles. The van der Waals surface area contributed by atoms with Crippen LogP contribution in [0.2, 0.25) is 0 Å². The molecule has 1 amide bonds. The Morgan fingerprint density at radius 3 is 2.46 bits per heavy atom. The SMILES string of the molecule is Cc1nc(NCc2ccccc2F)cc(C(=O)Nc2ccc(C(C)C)cc2)n1. The van der Waals surface area contributed by atoms with E-state index in [1.54, 1.807) is 31.2 Å². The number of carbonyl (C=O) groups excluding carboxylic acids is 1. The van der Waals surface area contributed by atoms with E-state index in [0.29, 0.717) is 28.8 Å². The van der Waals surface area contributed by atoms with E-state index >= 15 is 0 Å². The lowest BCUT2D eigenvalue weighted by Gasteiger charge is -2.10. The van der Waals surface area contributed by atoms with Crippen molar-refractivity contribution in [3.63, 3.8) is 0 Å². The van der Waals surface area contributed by atoms with E-state index in [1.165, 1.54) is 11.6 Å². The molecule has 0 unspecified atom stereocenters. The van der Waals surface area contributed by atoms with Gasteiger partial charge in [-0.1, -0.05) is 44.2 Å². The van der Waals surface area contributed by atoms with Crippen molar-refractivity contribution in [2.24, 2.45) is 0 Å². The summed E-state index contributed by atoms with van der Waals surface area (Å²) in [6.07, 6.45) is 0. The number of nitrogens with one attached hydrogen (secondary N) is 2. The summed E-state index contributed by atoms with van der Waals surface area (Å²) in [7, 11) is 0. The van der Waals surface area contributed by atoms with E-state index in [-0.39, 0.29) is 24.0 Å². The highest BCUT2D eigenvalue weighted by Crippen LogP contribution is 2.18. The molecule has 144 valence electrons. The Bertz CT molecular complexity index is 971. The number of anilines is 2. The quantitative estimate of drug-likeness (QED) is 0.639. The summed E-state index contributed by atoms with van der Waals surface area (Å²) < 4.78 is 13.8. The molecule has 2 N–H and O–H groups in total. The van der Waals surface area contributed by atoms with Crippen molar-refractivity contribution in [2.45, 2.75) is 33.2 Å². The highest BCUT2D eigenvalue weighted by molar-refractivity contribution is 6.03. The van der Waals surface area contributed by atoms with Gasteiger partial charge in [0.2, 0.25) is 0 Å². The number of aromatic nitrogens is 2. The summed E-state index contributed by atoms with van der Waals surface area (Å²) in [6, 6.07) is 15.8. The van der Waals surface area contributed by atoms with Crippen molar-refractivity contribution in [3.8, 4) is 0 Å². The number of halogens is 1. The molecule has 1 aromatic heterocycles. The van der Waals surface area contributed by atoms with Gasteiger partial charge in [0.25, 0.3) is 5.91 Å². The van der Waals surface area contributed by atoms with Gasteiger partial charge in [-0.25, -0.2) is 14.4 Å². The summed E-state index contributed by atoms with van der Waals surface area (Å²) in [5, 5.41) is 5.90. The van der Waals surface area contributed by atoms with Crippen molar-refractivity contribution in [1.29, 1.82) is 0 Å². The number of amides is 1. The van der Waals surface area contributed by atoms with Crippen LogP contribution in [0.25, 0.3) is 0 Å². The van der Waals surface area contributed by atoms with Crippen molar-refractivity contribution < 1.29 is 9.18 Å². The highest BCUT2D eigenvalue weighted by atomic mass is 19.1. The lowest BCUT2D eigenvalue weighted by Crippen LogP contribution is -2.16. The largest absolute Gasteiger partial charge is 0.366 e. The van der Waals surface area contributed by atoms with Gasteiger partial charge in [0, 0.05) is 23.9 Å². The molecular weight excluding hydrogens is 355 g/mol. The second kappa shape index (κ2) is 8.61. The zero-order valence-electron chi connectivity index (χ0n) is 16.2. The van der Waals surface area contributed by atoms with E-state index < -0.39 is 0 Å². The standard InChI is InChI=1S/C22H23FN4O/c1-14(2)16-8-10-18(11-9-16)27-22(28)20-12-21(26-15(3)25-20)24-13-17-6-4-5-7-19(17)23/h4-12,14H,13H2,1-3H3,(H,27,28)(H,24,25,26). The van der Waals surface area contributed by atoms with Crippen LogP contribution in [0.3, 0.4) is 0 Å². The molecular formula is C22H23FN4O. The van der Waals surface area contributed by atoms with E-state index in [1.807, 2.05) is 24.3 Å². The van der Waals surface area contributed by atoms with Gasteiger partial charge in [0.15, 0.2) is 0 Å². The molecule has 0 saturated heterocycles. The van der Waals surface area contributed by atoms with Gasteiger partial charge < -0.3 is 10.6 Å². The summed E-state index contributed by atoms with van der Waals surface area (Å²) in [6.45, 7) is 6.21. The average molecular weight is 378 g/mol. The van der Waals surface area contributed by atoms with Crippen LogP contribution < -0.4 is 10.6 Å². The third kappa shape index (κ3) is 4.91. The van der Waals surface area contributed by atoms with Crippen molar-refractivity contribution in [3.05, 3.63) is 83.1 Å². The lowest BCUT2D eigenvalue weighted by atomic mass is 10.0. The van der Waals surface area contributed by atoms with E-state index in [2.05, 4.69) is 34.4 Å². The predicted molar refractivity (Wildman–Crippen MR) is 109 cm³/mol. The number of rotatable bonds is 6. The van der Waals surface area contributed by atoms with Crippen LogP contribution in [-0.4, -0.2) is 15.9 Å². The number of benzene rings is 2. The van der Waals surface area contributed by atoms with Gasteiger partial charge in [-0.2, -0.15) is 0 Å². The minimum Gasteiger partial charge on any atom is -0.366 e. The summed E-state index contributed by atoms with van der Waals surface area (Å²) in [4.78, 5) is 21.1. The minimum atomic E-state index is -0.322. The molecule has 3 rings (SSSR count). The van der Waals surface area contributed by atoms with Gasteiger partial charge >= 0.3 is 0 Å². The van der Waals surface area contributed by atoms with Crippen molar-refractivity contribution in [1.82, 2.24) is 9.97 Å². The Morgan fingerprint density at radius 2 is 1.79 bits per heavy atom. The molecule has 0 atom stereocenters. The van der Waals surface area contributed by atoms with Gasteiger partial charge in [-0.15, -0.1) is 0 Å². The maximum absolute atomic E-state index is 13.8. The number of hydrogen-bond donors (Lipinski definition) is 2. The fourth-order valence-corrected chi connectivity index (χ4v) is 2.75. The first-order valence-corrected chi connectivity index (χ1v) is 9.16. The van der Waals surface area contributed by atoms with Crippen LogP contribution in [0.4, 0.5) is 15.9 Å². The second-order valence-corrected chi connectivity index (χ2v) is 6.86. The van der Waals surface area contributed by atoms with Crippen LogP contribution in [0.15, 0.2) is 54.6 Å². The first-order valence-electron chi connectivity index (χ1n) is 9.16. The topological polar surface area (TPSA) is 66.9 Å². The normalized spacial score (nSPS) is 10.8. The molecule has 0 aliphatic carbocycles. The fourth-order valence-electron chi connectivity index (χ4n) is 2.75. The molecule has 0 radical (unpaired) electrons. The minimum absolute atomic E-state index is 0.247. The predicted octanol–water partition coefficient (Wildman–Crippen LogP) is 4.91. The Labute approximate surface area is 164 Å². The van der Waals surface area contributed by atoms with Crippen molar-refractivity contribution >= 4 is 17.4 Å².